The third-order valence-electron chi connectivity index (χ3n) is 3.91. The van der Waals surface area contributed by atoms with Gasteiger partial charge in [-0.3, -0.25) is 9.59 Å². The first kappa shape index (κ1) is 16.4. The highest BCUT2D eigenvalue weighted by atomic mass is 19.4. The number of pyridine rings is 1. The third kappa shape index (κ3) is 2.53. The predicted molar refractivity (Wildman–Crippen MR) is 75.8 cm³/mol. The van der Waals surface area contributed by atoms with Crippen LogP contribution < -0.4 is 10.7 Å². The molecule has 1 aromatic carbocycles. The van der Waals surface area contributed by atoms with Crippen molar-refractivity contribution in [2.45, 2.75) is 32.0 Å². The molecule has 1 saturated carbocycles. The van der Waals surface area contributed by atoms with Gasteiger partial charge in [-0.15, -0.1) is 0 Å². The Morgan fingerprint density at radius 2 is 1.88 bits per heavy atom. The van der Waals surface area contributed by atoms with E-state index in [-0.39, 0.29) is 17.1 Å². The molecule has 0 saturated heterocycles. The highest BCUT2D eigenvalue weighted by Crippen LogP contribution is 2.39. The van der Waals surface area contributed by atoms with Gasteiger partial charge in [-0.2, -0.15) is 13.2 Å². The molecular formula is C15H11F5N2O2. The van der Waals surface area contributed by atoms with E-state index in [1.54, 1.807) is 0 Å². The number of amides is 1. The minimum absolute atomic E-state index is 0.0126. The zero-order chi connectivity index (χ0) is 17.8. The topological polar surface area (TPSA) is 51.1 Å². The van der Waals surface area contributed by atoms with Crippen LogP contribution >= 0.6 is 0 Å². The third-order valence-corrected chi connectivity index (χ3v) is 3.91. The molecule has 1 fully saturated rings. The predicted octanol–water partition coefficient (Wildman–Crippen LogP) is 3.42. The van der Waals surface area contributed by atoms with Crippen LogP contribution in [0.3, 0.4) is 0 Å². The number of fused-ring (bicyclic) bond motifs is 1. The van der Waals surface area contributed by atoms with E-state index < -0.39 is 40.2 Å². The van der Waals surface area contributed by atoms with Crippen molar-refractivity contribution in [2.24, 2.45) is 0 Å². The van der Waals surface area contributed by atoms with Crippen LogP contribution in [-0.2, 0) is 4.79 Å². The van der Waals surface area contributed by atoms with Crippen molar-refractivity contribution in [3.8, 4) is 0 Å². The van der Waals surface area contributed by atoms with E-state index in [1.165, 1.54) is 23.0 Å². The lowest BCUT2D eigenvalue weighted by atomic mass is 10.1. The molecular weight excluding hydrogens is 335 g/mol. The SMILES string of the molecule is Cc1c(F)c(F)c(NC(=O)C(F)(F)F)c2c(=O)ccn(C3CC3)c12. The molecule has 0 atom stereocenters. The molecule has 1 heterocycles. The molecule has 0 radical (unpaired) electrons. The van der Waals surface area contributed by atoms with E-state index in [0.29, 0.717) is 0 Å². The number of carbonyl (C=O) groups is 1. The molecule has 2 aromatic rings. The van der Waals surface area contributed by atoms with Gasteiger partial charge in [0.2, 0.25) is 0 Å². The van der Waals surface area contributed by atoms with Crippen molar-refractivity contribution in [3.63, 3.8) is 0 Å². The number of aryl methyl sites for hydroxylation is 1. The van der Waals surface area contributed by atoms with Crippen LogP contribution in [0.5, 0.6) is 0 Å². The fraction of sp³-hybridized carbons (Fsp3) is 0.333. The van der Waals surface area contributed by atoms with Crippen LogP contribution in [0.1, 0.15) is 24.4 Å². The summed E-state index contributed by atoms with van der Waals surface area (Å²) in [4.78, 5) is 23.2. The summed E-state index contributed by atoms with van der Waals surface area (Å²) < 4.78 is 67.2. The summed E-state index contributed by atoms with van der Waals surface area (Å²) in [6, 6.07) is 1.02. The lowest BCUT2D eigenvalue weighted by Crippen LogP contribution is -2.31. The Bertz CT molecular complexity index is 913. The van der Waals surface area contributed by atoms with Crippen LogP contribution in [0.25, 0.3) is 10.9 Å². The van der Waals surface area contributed by atoms with E-state index in [4.69, 9.17) is 0 Å². The van der Waals surface area contributed by atoms with Gasteiger partial charge in [-0.1, -0.05) is 0 Å². The number of benzene rings is 1. The molecule has 1 aliphatic carbocycles. The molecule has 1 aliphatic rings. The molecule has 1 N–H and O–H groups in total. The van der Waals surface area contributed by atoms with Crippen molar-refractivity contribution >= 4 is 22.5 Å². The Balaban J connectivity index is 2.34. The average Bonchev–Trinajstić information content (AvgIpc) is 3.32. The van der Waals surface area contributed by atoms with Crippen LogP contribution in [0.2, 0.25) is 0 Å². The van der Waals surface area contributed by atoms with E-state index in [1.807, 2.05) is 0 Å². The molecule has 0 aliphatic heterocycles. The van der Waals surface area contributed by atoms with Gasteiger partial charge < -0.3 is 9.88 Å². The molecule has 1 amide bonds. The standard InChI is InChI=1S/C15H11F5N2O2/c1-6-10(16)11(17)12(21-14(24)15(18,19)20)9-8(23)4-5-22(13(6)9)7-2-3-7/h4-5,7H,2-3H2,1H3,(H,21,24). The van der Waals surface area contributed by atoms with Gasteiger partial charge in [0.25, 0.3) is 0 Å². The Kier molecular flexibility index (Phi) is 3.61. The average molecular weight is 346 g/mol. The van der Waals surface area contributed by atoms with Crippen molar-refractivity contribution in [1.82, 2.24) is 4.57 Å². The second-order valence-electron chi connectivity index (χ2n) is 5.62. The maximum absolute atomic E-state index is 14.2. The first-order chi connectivity index (χ1) is 11.1. The fourth-order valence-electron chi connectivity index (χ4n) is 2.62. The smallest absolute Gasteiger partial charge is 0.344 e. The summed E-state index contributed by atoms with van der Waals surface area (Å²) in [7, 11) is 0. The Labute approximate surface area is 131 Å². The maximum Gasteiger partial charge on any atom is 0.471 e. The number of nitrogens with zero attached hydrogens (tertiary/aromatic N) is 1. The van der Waals surface area contributed by atoms with Crippen molar-refractivity contribution in [1.29, 1.82) is 0 Å². The minimum Gasteiger partial charge on any atom is -0.344 e. The summed E-state index contributed by atoms with van der Waals surface area (Å²) in [5.74, 6) is -5.57. The molecule has 4 nitrogen and oxygen atoms in total. The number of aromatic nitrogens is 1. The summed E-state index contributed by atoms with van der Waals surface area (Å²) in [5.41, 5.74) is -2.10. The zero-order valence-electron chi connectivity index (χ0n) is 12.3. The molecule has 3 rings (SSSR count). The van der Waals surface area contributed by atoms with Gasteiger partial charge >= 0.3 is 12.1 Å². The van der Waals surface area contributed by atoms with Gasteiger partial charge in [-0.05, 0) is 19.8 Å². The van der Waals surface area contributed by atoms with Gasteiger partial charge in [0, 0.05) is 23.9 Å². The first-order valence-electron chi connectivity index (χ1n) is 7.03. The Hall–Kier alpha value is -2.45. The first-order valence-corrected chi connectivity index (χ1v) is 7.03. The zero-order valence-corrected chi connectivity index (χ0v) is 12.3. The van der Waals surface area contributed by atoms with Gasteiger partial charge in [0.15, 0.2) is 17.1 Å². The van der Waals surface area contributed by atoms with E-state index in [0.717, 1.165) is 18.9 Å². The second kappa shape index (κ2) is 5.29. The second-order valence-corrected chi connectivity index (χ2v) is 5.62. The van der Waals surface area contributed by atoms with Crippen LogP contribution in [-0.4, -0.2) is 16.7 Å². The minimum atomic E-state index is -5.30. The molecule has 0 unspecified atom stereocenters. The highest BCUT2D eigenvalue weighted by Gasteiger charge is 2.40. The van der Waals surface area contributed by atoms with Crippen molar-refractivity contribution < 1.29 is 26.7 Å². The number of nitrogens with one attached hydrogen (secondary N) is 1. The van der Waals surface area contributed by atoms with Crippen molar-refractivity contribution in [2.75, 3.05) is 5.32 Å². The van der Waals surface area contributed by atoms with E-state index in [2.05, 4.69) is 0 Å². The van der Waals surface area contributed by atoms with E-state index in [9.17, 15) is 31.5 Å². The summed E-state index contributed by atoms with van der Waals surface area (Å²) >= 11 is 0. The number of hydrogen-bond acceptors (Lipinski definition) is 2. The van der Waals surface area contributed by atoms with Gasteiger partial charge in [0.05, 0.1) is 16.6 Å². The van der Waals surface area contributed by atoms with E-state index >= 15 is 0 Å². The molecule has 0 bridgehead atoms. The molecule has 128 valence electrons. The number of carbonyl (C=O) groups excluding carboxylic acids is 1. The highest BCUT2D eigenvalue weighted by molar-refractivity contribution is 6.04. The van der Waals surface area contributed by atoms with Crippen molar-refractivity contribution in [3.05, 3.63) is 39.7 Å². The largest absolute Gasteiger partial charge is 0.471 e. The van der Waals surface area contributed by atoms with Gasteiger partial charge in [-0.25, -0.2) is 8.78 Å². The quantitative estimate of drug-likeness (QED) is 0.847. The Morgan fingerprint density at radius 3 is 2.42 bits per heavy atom. The summed E-state index contributed by atoms with van der Waals surface area (Å²) in [5, 5.41) is 0.823. The van der Waals surface area contributed by atoms with Crippen LogP contribution in [0, 0.1) is 18.6 Å². The number of hydrogen-bond donors (Lipinski definition) is 1. The molecule has 9 heteroatoms. The maximum atomic E-state index is 14.2. The number of rotatable bonds is 2. The monoisotopic (exact) mass is 346 g/mol. The number of alkyl halides is 3. The van der Waals surface area contributed by atoms with Crippen LogP contribution in [0.15, 0.2) is 17.1 Å². The van der Waals surface area contributed by atoms with Gasteiger partial charge in [0.1, 0.15) is 0 Å². The number of halogens is 5. The normalized spacial score (nSPS) is 14.9. The fourth-order valence-corrected chi connectivity index (χ4v) is 2.62. The lowest BCUT2D eigenvalue weighted by molar-refractivity contribution is -0.167. The summed E-state index contributed by atoms with van der Waals surface area (Å²) in [6.45, 7) is 1.23. The van der Waals surface area contributed by atoms with Crippen LogP contribution in [0.4, 0.5) is 27.6 Å². The molecule has 1 aromatic heterocycles. The number of anilines is 1. The summed E-state index contributed by atoms with van der Waals surface area (Å²) in [6.07, 6.45) is -2.41. The Morgan fingerprint density at radius 1 is 1.25 bits per heavy atom. The molecule has 24 heavy (non-hydrogen) atoms. The lowest BCUT2D eigenvalue weighted by Gasteiger charge is -2.17. The molecule has 0 spiro atoms.